The minimum atomic E-state index is -0.105. The second-order valence-electron chi connectivity index (χ2n) is 7.36. The third kappa shape index (κ3) is 3.28. The Morgan fingerprint density at radius 2 is 2.10 bits per heavy atom. The Bertz CT molecular complexity index is 1180. The summed E-state index contributed by atoms with van der Waals surface area (Å²) in [6.07, 6.45) is 4.63. The van der Waals surface area contributed by atoms with Gasteiger partial charge in [0.25, 0.3) is 5.56 Å². The Labute approximate surface area is 177 Å². The van der Waals surface area contributed by atoms with Crippen LogP contribution < -0.4 is 20.5 Å². The molecule has 0 amide bonds. The molecule has 5 rings (SSSR count). The molecule has 1 N–H and O–H groups in total. The van der Waals surface area contributed by atoms with E-state index >= 15 is 0 Å². The lowest BCUT2D eigenvalue weighted by Crippen LogP contribution is -2.29. The molecule has 0 unspecified atom stereocenters. The summed E-state index contributed by atoms with van der Waals surface area (Å²) >= 11 is 12.1. The van der Waals surface area contributed by atoms with Crippen molar-refractivity contribution in [1.82, 2.24) is 14.5 Å². The topological polar surface area (TPSA) is 72.3 Å². The van der Waals surface area contributed by atoms with Crippen LogP contribution in [0.3, 0.4) is 0 Å². The van der Waals surface area contributed by atoms with Gasteiger partial charge < -0.3 is 19.5 Å². The number of rotatable bonds is 3. The Hall–Kier alpha value is -2.51. The van der Waals surface area contributed by atoms with Crippen molar-refractivity contribution in [2.45, 2.75) is 25.3 Å². The van der Waals surface area contributed by atoms with E-state index in [2.05, 4.69) is 20.2 Å². The highest BCUT2D eigenvalue weighted by Gasteiger charge is 2.34. The van der Waals surface area contributed by atoms with Crippen molar-refractivity contribution in [2.24, 2.45) is 7.05 Å². The van der Waals surface area contributed by atoms with Crippen LogP contribution in [0.25, 0.3) is 10.9 Å². The van der Waals surface area contributed by atoms with Crippen LogP contribution in [0.1, 0.15) is 19.3 Å². The zero-order valence-corrected chi connectivity index (χ0v) is 17.3. The lowest BCUT2D eigenvalue weighted by atomic mass is 10.1. The molecular formula is C20H19Cl2N5O2. The van der Waals surface area contributed by atoms with Crippen molar-refractivity contribution in [3.8, 4) is 5.75 Å². The van der Waals surface area contributed by atoms with Crippen molar-refractivity contribution in [3.63, 3.8) is 0 Å². The molecule has 2 aromatic heterocycles. The largest absolute Gasteiger partial charge is 0.486 e. The maximum atomic E-state index is 13.0. The minimum Gasteiger partial charge on any atom is -0.486 e. The molecule has 0 bridgehead atoms. The number of hydrogen-bond acceptors (Lipinski definition) is 6. The summed E-state index contributed by atoms with van der Waals surface area (Å²) in [6, 6.07) is 6.28. The molecule has 1 aromatic carbocycles. The van der Waals surface area contributed by atoms with Crippen LogP contribution in [-0.4, -0.2) is 33.7 Å². The molecule has 0 saturated heterocycles. The fourth-order valence-corrected chi connectivity index (χ4v) is 4.11. The molecule has 7 nitrogen and oxygen atoms in total. The van der Waals surface area contributed by atoms with E-state index in [1.165, 1.54) is 6.20 Å². The van der Waals surface area contributed by atoms with Crippen molar-refractivity contribution in [2.75, 3.05) is 23.4 Å². The minimum absolute atomic E-state index is 0.105. The highest BCUT2D eigenvalue weighted by molar-refractivity contribution is 6.33. The van der Waals surface area contributed by atoms with Gasteiger partial charge in [-0.05, 0) is 49.1 Å². The maximum absolute atomic E-state index is 13.0. The SMILES string of the molecule is Cn1c(=O)c2c(c3cc(Nc4nc(Cl)ncc4Cl)ccc31)N(C1CC1)CCCO2. The van der Waals surface area contributed by atoms with E-state index in [-0.39, 0.29) is 10.8 Å². The summed E-state index contributed by atoms with van der Waals surface area (Å²) < 4.78 is 7.56. The van der Waals surface area contributed by atoms with E-state index in [1.807, 2.05) is 18.2 Å². The maximum Gasteiger partial charge on any atom is 0.295 e. The van der Waals surface area contributed by atoms with E-state index in [1.54, 1.807) is 11.6 Å². The van der Waals surface area contributed by atoms with Crippen molar-refractivity contribution in [3.05, 3.63) is 45.1 Å². The third-order valence-electron chi connectivity index (χ3n) is 5.37. The fraction of sp³-hybridized carbons (Fsp3) is 0.350. The van der Waals surface area contributed by atoms with Crippen LogP contribution in [0, 0.1) is 0 Å². The van der Waals surface area contributed by atoms with Gasteiger partial charge in [-0.25, -0.2) is 4.98 Å². The molecule has 1 aliphatic carbocycles. The molecule has 2 aliphatic rings. The second kappa shape index (κ2) is 7.07. The van der Waals surface area contributed by atoms with Crippen molar-refractivity contribution < 1.29 is 4.74 Å². The zero-order chi connectivity index (χ0) is 20.1. The van der Waals surface area contributed by atoms with Crippen LogP contribution in [-0.2, 0) is 7.05 Å². The number of nitrogens with zero attached hydrogens (tertiary/aromatic N) is 4. The van der Waals surface area contributed by atoms with E-state index in [4.69, 9.17) is 27.9 Å². The molecule has 3 heterocycles. The Balaban J connectivity index is 1.69. The van der Waals surface area contributed by atoms with Crippen molar-refractivity contribution >= 4 is 51.3 Å². The first-order valence-corrected chi connectivity index (χ1v) is 10.3. The second-order valence-corrected chi connectivity index (χ2v) is 8.11. The first-order valence-electron chi connectivity index (χ1n) is 9.54. The molecule has 0 atom stereocenters. The number of pyridine rings is 1. The number of halogens is 2. The monoisotopic (exact) mass is 431 g/mol. The first-order chi connectivity index (χ1) is 14.0. The number of benzene rings is 1. The molecule has 29 heavy (non-hydrogen) atoms. The Morgan fingerprint density at radius 3 is 2.90 bits per heavy atom. The quantitative estimate of drug-likeness (QED) is 0.628. The van der Waals surface area contributed by atoms with Gasteiger partial charge in [0.2, 0.25) is 11.0 Å². The van der Waals surface area contributed by atoms with Crippen LogP contribution in [0.5, 0.6) is 5.75 Å². The molecule has 0 spiro atoms. The summed E-state index contributed by atoms with van der Waals surface area (Å²) in [5.74, 6) is 0.863. The number of nitrogens with one attached hydrogen (secondary N) is 1. The number of fused-ring (bicyclic) bond motifs is 3. The number of aryl methyl sites for hydroxylation is 1. The number of hydrogen-bond donors (Lipinski definition) is 1. The van der Waals surface area contributed by atoms with Crippen molar-refractivity contribution in [1.29, 1.82) is 0 Å². The predicted octanol–water partition coefficient (Wildman–Crippen LogP) is 4.13. The van der Waals surface area contributed by atoms with Crippen LogP contribution in [0.15, 0.2) is 29.2 Å². The molecule has 1 saturated carbocycles. The molecule has 9 heteroatoms. The average molecular weight is 432 g/mol. The van der Waals surface area contributed by atoms with Gasteiger partial charge in [-0.3, -0.25) is 4.79 Å². The first kappa shape index (κ1) is 18.5. The highest BCUT2D eigenvalue weighted by atomic mass is 35.5. The average Bonchev–Trinajstić information content (AvgIpc) is 3.55. The predicted molar refractivity (Wildman–Crippen MR) is 115 cm³/mol. The Kier molecular flexibility index (Phi) is 4.52. The Morgan fingerprint density at radius 1 is 1.28 bits per heavy atom. The standard InChI is InChI=1S/C20H19Cl2N5O2/c1-26-15-6-3-11(24-18-14(21)10-23-20(22)25-18)9-13(15)16-17(19(26)28)29-8-2-7-27(16)12-4-5-12/h3,6,9-10,12H,2,4-5,7-8H2,1H3,(H,23,24,25). The van der Waals surface area contributed by atoms with E-state index in [0.717, 1.165) is 48.1 Å². The molecular weight excluding hydrogens is 413 g/mol. The number of anilines is 3. The normalized spacial score (nSPS) is 16.3. The summed E-state index contributed by atoms with van der Waals surface area (Å²) in [7, 11) is 1.77. The smallest absolute Gasteiger partial charge is 0.295 e. The molecule has 0 radical (unpaired) electrons. The van der Waals surface area contributed by atoms with Crippen LogP contribution in [0.4, 0.5) is 17.2 Å². The lowest BCUT2D eigenvalue weighted by Gasteiger charge is -2.26. The van der Waals surface area contributed by atoms with Gasteiger partial charge in [-0.2, -0.15) is 4.98 Å². The summed E-state index contributed by atoms with van der Waals surface area (Å²) in [6.45, 7) is 1.43. The lowest BCUT2D eigenvalue weighted by molar-refractivity contribution is 0.317. The van der Waals surface area contributed by atoms with Gasteiger partial charge in [-0.1, -0.05) is 11.6 Å². The molecule has 1 fully saturated rings. The van der Waals surface area contributed by atoms with Gasteiger partial charge in [0.15, 0.2) is 5.82 Å². The van der Waals surface area contributed by atoms with Crippen LogP contribution >= 0.6 is 23.2 Å². The molecule has 1 aliphatic heterocycles. The third-order valence-corrected chi connectivity index (χ3v) is 5.83. The molecule has 150 valence electrons. The summed E-state index contributed by atoms with van der Waals surface area (Å²) in [4.78, 5) is 23.3. The van der Waals surface area contributed by atoms with Gasteiger partial charge in [0, 0.05) is 30.7 Å². The highest BCUT2D eigenvalue weighted by Crippen LogP contribution is 2.42. The van der Waals surface area contributed by atoms with Crippen LogP contribution in [0.2, 0.25) is 10.3 Å². The van der Waals surface area contributed by atoms with E-state index < -0.39 is 0 Å². The fourth-order valence-electron chi connectivity index (χ4n) is 3.84. The number of ether oxygens (including phenoxy) is 1. The zero-order valence-electron chi connectivity index (χ0n) is 15.8. The van der Waals surface area contributed by atoms with Gasteiger partial charge in [0.1, 0.15) is 5.02 Å². The van der Waals surface area contributed by atoms with Gasteiger partial charge in [-0.15, -0.1) is 0 Å². The van der Waals surface area contributed by atoms with Gasteiger partial charge >= 0.3 is 0 Å². The summed E-state index contributed by atoms with van der Waals surface area (Å²) in [5, 5.41) is 4.65. The van der Waals surface area contributed by atoms with E-state index in [0.29, 0.717) is 29.2 Å². The molecule has 3 aromatic rings. The number of aromatic nitrogens is 3. The van der Waals surface area contributed by atoms with E-state index in [9.17, 15) is 4.79 Å². The van der Waals surface area contributed by atoms with Gasteiger partial charge in [0.05, 0.1) is 24.0 Å². The summed E-state index contributed by atoms with van der Waals surface area (Å²) in [5.41, 5.74) is 2.42.